The van der Waals surface area contributed by atoms with Crippen LogP contribution >= 0.6 is 45.9 Å². The highest BCUT2D eigenvalue weighted by molar-refractivity contribution is 7.91. The van der Waals surface area contributed by atoms with E-state index in [0.717, 1.165) is 26.7 Å². The fourth-order valence-electron chi connectivity index (χ4n) is 4.19. The third kappa shape index (κ3) is 4.01. The quantitative estimate of drug-likeness (QED) is 0.506. The molecule has 170 valence electrons. The van der Waals surface area contributed by atoms with Crippen molar-refractivity contribution in [1.82, 2.24) is 14.2 Å². The number of carbonyl (C=O) groups is 1. The van der Waals surface area contributed by atoms with E-state index < -0.39 is 16.1 Å². The van der Waals surface area contributed by atoms with E-state index in [-0.39, 0.29) is 10.1 Å². The Labute approximate surface area is 204 Å². The fourth-order valence-corrected chi connectivity index (χ4v) is 8.77. The van der Waals surface area contributed by atoms with Gasteiger partial charge in [0.1, 0.15) is 15.8 Å². The molecule has 1 aromatic carbocycles. The fraction of sp³-hybridized carbons (Fsp3) is 0.400. The number of hydrogen-bond donors (Lipinski definition) is 0. The van der Waals surface area contributed by atoms with Crippen LogP contribution in [0.15, 0.2) is 34.5 Å². The van der Waals surface area contributed by atoms with Crippen LogP contribution in [0.2, 0.25) is 9.36 Å². The number of rotatable bonds is 4. The Morgan fingerprint density at radius 1 is 1.03 bits per heavy atom. The molecule has 2 aromatic heterocycles. The molecule has 0 bridgehead atoms. The largest absolute Gasteiger partial charge is 0.345 e. The van der Waals surface area contributed by atoms with E-state index in [0.29, 0.717) is 54.9 Å². The first-order chi connectivity index (χ1) is 15.3. The number of anilines is 1. The number of halogens is 2. The second-order valence-electron chi connectivity index (χ2n) is 7.73. The van der Waals surface area contributed by atoms with Gasteiger partial charge in [0.2, 0.25) is 5.91 Å². The van der Waals surface area contributed by atoms with Crippen LogP contribution in [0.3, 0.4) is 0 Å². The number of sulfonamides is 1. The molecule has 3 aromatic rings. The van der Waals surface area contributed by atoms with Crippen molar-refractivity contribution in [2.24, 2.45) is 0 Å². The maximum atomic E-state index is 13.3. The molecule has 4 heterocycles. The summed E-state index contributed by atoms with van der Waals surface area (Å²) in [5.74, 6) is -0.124. The van der Waals surface area contributed by atoms with Crippen molar-refractivity contribution >= 4 is 77.2 Å². The van der Waals surface area contributed by atoms with Crippen molar-refractivity contribution in [1.29, 1.82) is 0 Å². The summed E-state index contributed by atoms with van der Waals surface area (Å²) in [5, 5.41) is 1.52. The number of amides is 1. The number of para-hydroxylation sites is 1. The summed E-state index contributed by atoms with van der Waals surface area (Å²) < 4.78 is 29.1. The highest BCUT2D eigenvalue weighted by atomic mass is 35.5. The molecule has 2 saturated heterocycles. The molecular formula is C20H20Cl2N4O3S3. The zero-order valence-electron chi connectivity index (χ0n) is 16.9. The molecule has 0 radical (unpaired) electrons. The average Bonchev–Trinajstić information content (AvgIpc) is 3.53. The van der Waals surface area contributed by atoms with Gasteiger partial charge in [-0.1, -0.05) is 40.6 Å². The van der Waals surface area contributed by atoms with Gasteiger partial charge in [-0.25, -0.2) is 13.4 Å². The van der Waals surface area contributed by atoms with E-state index in [9.17, 15) is 13.2 Å². The van der Waals surface area contributed by atoms with Gasteiger partial charge in [-0.05, 0) is 37.1 Å². The first kappa shape index (κ1) is 22.4. The molecule has 0 spiro atoms. The zero-order chi connectivity index (χ0) is 22.5. The van der Waals surface area contributed by atoms with Crippen molar-refractivity contribution in [2.75, 3.05) is 37.6 Å². The molecule has 5 rings (SSSR count). The third-order valence-electron chi connectivity index (χ3n) is 5.82. The van der Waals surface area contributed by atoms with Gasteiger partial charge in [0.05, 0.1) is 14.1 Å². The normalized spacial score (nSPS) is 20.4. The lowest BCUT2D eigenvalue weighted by Gasteiger charge is -2.37. The van der Waals surface area contributed by atoms with Gasteiger partial charge in [0, 0.05) is 32.7 Å². The molecule has 0 unspecified atom stereocenters. The smallest absolute Gasteiger partial charge is 0.253 e. The minimum absolute atomic E-state index is 0.124. The molecule has 12 heteroatoms. The highest BCUT2D eigenvalue weighted by Gasteiger charge is 2.42. The molecule has 7 nitrogen and oxygen atoms in total. The molecule has 0 aliphatic carbocycles. The molecular weight excluding hydrogens is 511 g/mol. The number of fused-ring (bicyclic) bond motifs is 1. The lowest BCUT2D eigenvalue weighted by Crippen LogP contribution is -2.54. The van der Waals surface area contributed by atoms with Crippen LogP contribution in [0.25, 0.3) is 10.2 Å². The molecule has 0 saturated carbocycles. The number of thiazole rings is 1. The predicted molar refractivity (Wildman–Crippen MR) is 130 cm³/mol. The van der Waals surface area contributed by atoms with Gasteiger partial charge in [0.25, 0.3) is 10.0 Å². The second kappa shape index (κ2) is 8.73. The summed E-state index contributed by atoms with van der Waals surface area (Å²) in [6.07, 6.45) is 1.20. The molecule has 2 aliphatic heterocycles. The molecule has 1 atom stereocenters. The zero-order valence-corrected chi connectivity index (χ0v) is 20.9. The summed E-state index contributed by atoms with van der Waals surface area (Å²) in [7, 11) is -3.73. The number of benzene rings is 1. The van der Waals surface area contributed by atoms with Crippen LogP contribution in [0.5, 0.6) is 0 Å². The Kier molecular flexibility index (Phi) is 6.10. The number of carbonyl (C=O) groups excluding carboxylic acids is 1. The van der Waals surface area contributed by atoms with Crippen molar-refractivity contribution in [3.63, 3.8) is 0 Å². The monoisotopic (exact) mass is 530 g/mol. The van der Waals surface area contributed by atoms with E-state index in [1.807, 2.05) is 18.2 Å². The maximum Gasteiger partial charge on any atom is 0.253 e. The number of thiophene rings is 1. The lowest BCUT2D eigenvalue weighted by molar-refractivity contribution is -0.134. The first-order valence-electron chi connectivity index (χ1n) is 10.2. The lowest BCUT2D eigenvalue weighted by atomic mass is 10.2. The van der Waals surface area contributed by atoms with Gasteiger partial charge >= 0.3 is 0 Å². The number of nitrogens with zero attached hydrogens (tertiary/aromatic N) is 4. The van der Waals surface area contributed by atoms with Gasteiger partial charge < -0.3 is 9.80 Å². The predicted octanol–water partition coefficient (Wildman–Crippen LogP) is 4.17. The van der Waals surface area contributed by atoms with E-state index in [2.05, 4.69) is 9.88 Å². The third-order valence-corrected chi connectivity index (χ3v) is 10.8. The van der Waals surface area contributed by atoms with Crippen molar-refractivity contribution in [2.45, 2.75) is 23.1 Å². The molecule has 32 heavy (non-hydrogen) atoms. The summed E-state index contributed by atoms with van der Waals surface area (Å²) >= 11 is 14.8. The number of hydrogen-bond acceptors (Lipinski definition) is 7. The van der Waals surface area contributed by atoms with Crippen molar-refractivity contribution in [3.8, 4) is 0 Å². The van der Waals surface area contributed by atoms with Gasteiger partial charge in [0.15, 0.2) is 5.13 Å². The van der Waals surface area contributed by atoms with Crippen LogP contribution < -0.4 is 4.90 Å². The van der Waals surface area contributed by atoms with Crippen LogP contribution in [0, 0.1) is 0 Å². The van der Waals surface area contributed by atoms with E-state index in [1.165, 1.54) is 10.4 Å². The van der Waals surface area contributed by atoms with Gasteiger partial charge in [-0.3, -0.25) is 4.79 Å². The summed E-state index contributed by atoms with van der Waals surface area (Å²) in [6.45, 7) is 2.68. The van der Waals surface area contributed by atoms with Crippen LogP contribution in [0.1, 0.15) is 12.8 Å². The maximum absolute atomic E-state index is 13.3. The first-order valence-corrected chi connectivity index (χ1v) is 14.0. The van der Waals surface area contributed by atoms with Gasteiger partial charge in [-0.2, -0.15) is 4.31 Å². The van der Waals surface area contributed by atoms with E-state index in [1.54, 1.807) is 22.3 Å². The van der Waals surface area contributed by atoms with Crippen LogP contribution in [-0.2, 0) is 14.8 Å². The SMILES string of the molecule is O=C([C@@H]1CCCN1S(=O)(=O)c1ccc(Cl)s1)N1CCN(c2nc3c(Cl)cccc3s2)CC1. The van der Waals surface area contributed by atoms with Crippen molar-refractivity contribution in [3.05, 3.63) is 39.7 Å². The Hall–Kier alpha value is -1.43. The van der Waals surface area contributed by atoms with Crippen LogP contribution in [-0.4, -0.2) is 67.3 Å². The molecule has 2 fully saturated rings. The minimum atomic E-state index is -3.73. The Bertz CT molecular complexity index is 1270. The van der Waals surface area contributed by atoms with E-state index >= 15 is 0 Å². The molecule has 1 amide bonds. The number of aromatic nitrogens is 1. The van der Waals surface area contributed by atoms with Crippen LogP contribution in [0.4, 0.5) is 5.13 Å². The summed E-state index contributed by atoms with van der Waals surface area (Å²) in [6, 6.07) is 8.15. The van der Waals surface area contributed by atoms with E-state index in [4.69, 9.17) is 23.2 Å². The summed E-state index contributed by atoms with van der Waals surface area (Å²) in [4.78, 5) is 21.9. The Morgan fingerprint density at radius 2 is 1.81 bits per heavy atom. The average molecular weight is 532 g/mol. The Morgan fingerprint density at radius 3 is 2.50 bits per heavy atom. The Balaban J connectivity index is 1.28. The second-order valence-corrected chi connectivity index (χ2v) is 13.0. The topological polar surface area (TPSA) is 73.8 Å². The minimum Gasteiger partial charge on any atom is -0.345 e. The standard InChI is InChI=1S/C20H20Cl2N4O3S3/c21-13-3-1-5-15-18(13)23-20(30-15)25-11-9-24(10-12-25)19(27)14-4-2-8-26(14)32(28,29)17-7-6-16(22)31-17/h1,3,5-7,14H,2,4,8-12H2/t14-/m0/s1. The summed E-state index contributed by atoms with van der Waals surface area (Å²) in [5.41, 5.74) is 0.799. The van der Waals surface area contributed by atoms with Gasteiger partial charge in [-0.15, -0.1) is 11.3 Å². The molecule has 0 N–H and O–H groups in total. The highest BCUT2D eigenvalue weighted by Crippen LogP contribution is 2.35. The molecule has 2 aliphatic rings. The number of piperazine rings is 1. The van der Waals surface area contributed by atoms with Crippen molar-refractivity contribution < 1.29 is 13.2 Å².